The van der Waals surface area contributed by atoms with Gasteiger partial charge in [-0.2, -0.15) is 0 Å². The minimum Gasteiger partial charge on any atom is -0.465 e. The van der Waals surface area contributed by atoms with E-state index < -0.39 is 5.97 Å². The maximum absolute atomic E-state index is 13.4. The fraction of sp³-hybridized carbons (Fsp3) is 0.0385. The van der Waals surface area contributed by atoms with Gasteiger partial charge in [-0.25, -0.2) is 9.78 Å². The summed E-state index contributed by atoms with van der Waals surface area (Å²) < 4.78 is 10.5. The first-order chi connectivity index (χ1) is 16.2. The molecule has 33 heavy (non-hydrogen) atoms. The summed E-state index contributed by atoms with van der Waals surface area (Å²) in [5, 5.41) is 5.88. The van der Waals surface area contributed by atoms with Gasteiger partial charge >= 0.3 is 5.97 Å². The van der Waals surface area contributed by atoms with Gasteiger partial charge in [0.05, 0.1) is 24.5 Å². The Bertz CT molecular complexity index is 1460. The molecule has 0 radical (unpaired) electrons. The normalized spacial score (nSPS) is 10.8. The number of aromatic nitrogens is 1. The number of nitrogens with one attached hydrogen (secondary N) is 1. The molecule has 5 aromatic rings. The van der Waals surface area contributed by atoms with Crippen molar-refractivity contribution >= 4 is 39.1 Å². The fourth-order valence-corrected chi connectivity index (χ4v) is 4.62. The van der Waals surface area contributed by atoms with E-state index in [9.17, 15) is 9.59 Å². The van der Waals surface area contributed by atoms with Gasteiger partial charge in [-0.05, 0) is 29.8 Å². The molecule has 0 aliphatic carbocycles. The van der Waals surface area contributed by atoms with Crippen molar-refractivity contribution in [1.29, 1.82) is 0 Å². The number of methoxy groups -OCH3 is 1. The van der Waals surface area contributed by atoms with Crippen LogP contribution in [0.2, 0.25) is 0 Å². The van der Waals surface area contributed by atoms with Crippen LogP contribution in [0.4, 0.5) is 5.00 Å². The number of hydrogen-bond donors (Lipinski definition) is 1. The number of anilines is 1. The van der Waals surface area contributed by atoms with E-state index in [2.05, 4.69) is 10.3 Å². The molecule has 5 rings (SSSR count). The second-order valence-corrected chi connectivity index (χ2v) is 8.09. The molecule has 7 heteroatoms. The van der Waals surface area contributed by atoms with E-state index in [0.29, 0.717) is 44.0 Å². The molecular weight excluding hydrogens is 436 g/mol. The molecule has 0 spiro atoms. The highest BCUT2D eigenvalue weighted by atomic mass is 32.1. The average molecular weight is 455 g/mol. The Balaban J connectivity index is 1.58. The number of furan rings is 1. The summed E-state index contributed by atoms with van der Waals surface area (Å²) in [5.74, 6) is -0.304. The van der Waals surface area contributed by atoms with Gasteiger partial charge < -0.3 is 14.5 Å². The lowest BCUT2D eigenvalue weighted by Gasteiger charge is -2.10. The number of ether oxygens (including phenoxy) is 1. The third-order valence-electron chi connectivity index (χ3n) is 5.23. The van der Waals surface area contributed by atoms with Crippen molar-refractivity contribution in [3.63, 3.8) is 0 Å². The third-order valence-corrected chi connectivity index (χ3v) is 6.12. The first-order valence-corrected chi connectivity index (χ1v) is 11.0. The molecule has 2 aromatic carbocycles. The monoisotopic (exact) mass is 454 g/mol. The van der Waals surface area contributed by atoms with Crippen LogP contribution in [0.5, 0.6) is 0 Å². The predicted molar refractivity (Wildman–Crippen MR) is 128 cm³/mol. The Hall–Kier alpha value is -4.23. The van der Waals surface area contributed by atoms with E-state index in [1.807, 2.05) is 60.0 Å². The number of pyridine rings is 1. The maximum atomic E-state index is 13.4. The Labute approximate surface area is 193 Å². The minimum absolute atomic E-state index is 0.326. The number of carbonyl (C=O) groups is 2. The first kappa shape index (κ1) is 20.7. The molecule has 0 saturated heterocycles. The summed E-state index contributed by atoms with van der Waals surface area (Å²) >= 11 is 1.28. The molecule has 0 aliphatic rings. The lowest BCUT2D eigenvalue weighted by Crippen LogP contribution is -2.15. The van der Waals surface area contributed by atoms with Crippen LogP contribution in [0.25, 0.3) is 33.5 Å². The van der Waals surface area contributed by atoms with Crippen LogP contribution in [0.3, 0.4) is 0 Å². The number of esters is 1. The SMILES string of the molecule is COC(=O)c1c(-c2ccccc2)csc1NC(=O)c1cc(-c2ccco2)nc2ccccc12. The van der Waals surface area contributed by atoms with Crippen molar-refractivity contribution in [1.82, 2.24) is 4.98 Å². The number of hydrogen-bond acceptors (Lipinski definition) is 6. The summed E-state index contributed by atoms with van der Waals surface area (Å²) in [4.78, 5) is 30.7. The number of thiophene rings is 1. The molecule has 1 amide bonds. The predicted octanol–water partition coefficient (Wildman–Crippen LogP) is 6.26. The Kier molecular flexibility index (Phi) is 5.46. The number of nitrogens with zero attached hydrogens (tertiary/aromatic N) is 1. The smallest absolute Gasteiger partial charge is 0.341 e. The van der Waals surface area contributed by atoms with Gasteiger partial charge in [0.25, 0.3) is 5.91 Å². The molecule has 0 bridgehead atoms. The number of fused-ring (bicyclic) bond motifs is 1. The highest BCUT2D eigenvalue weighted by Crippen LogP contribution is 2.37. The van der Waals surface area contributed by atoms with Crippen LogP contribution in [-0.4, -0.2) is 24.0 Å². The van der Waals surface area contributed by atoms with Crippen LogP contribution in [0.15, 0.2) is 88.9 Å². The Morgan fingerprint density at radius 2 is 1.79 bits per heavy atom. The Morgan fingerprint density at radius 3 is 2.55 bits per heavy atom. The summed E-state index contributed by atoms with van der Waals surface area (Å²) in [6, 6.07) is 22.2. The van der Waals surface area contributed by atoms with Gasteiger partial charge in [-0.3, -0.25) is 4.79 Å². The second kappa shape index (κ2) is 8.72. The molecule has 162 valence electrons. The van der Waals surface area contributed by atoms with Crippen LogP contribution in [0, 0.1) is 0 Å². The number of amides is 1. The molecule has 3 aromatic heterocycles. The molecular formula is C26H18N2O4S. The van der Waals surface area contributed by atoms with Crippen molar-refractivity contribution in [3.05, 3.63) is 95.6 Å². The summed E-state index contributed by atoms with van der Waals surface area (Å²) in [5.41, 5.74) is 3.54. The standard InChI is InChI=1S/C26H18N2O4S/c1-31-26(30)23-19(16-8-3-2-4-9-16)15-33-25(23)28-24(29)18-14-21(22-12-7-13-32-22)27-20-11-6-5-10-17(18)20/h2-15H,1H3,(H,28,29). The molecule has 0 atom stereocenters. The van der Waals surface area contributed by atoms with Crippen molar-refractivity contribution in [2.45, 2.75) is 0 Å². The zero-order valence-corrected chi connectivity index (χ0v) is 18.4. The topological polar surface area (TPSA) is 81.4 Å². The highest BCUT2D eigenvalue weighted by Gasteiger charge is 2.24. The van der Waals surface area contributed by atoms with Gasteiger partial charge in [0.2, 0.25) is 0 Å². The van der Waals surface area contributed by atoms with Crippen molar-refractivity contribution in [3.8, 4) is 22.6 Å². The van der Waals surface area contributed by atoms with Gasteiger partial charge in [-0.15, -0.1) is 11.3 Å². The molecule has 1 N–H and O–H groups in total. The third kappa shape index (κ3) is 3.90. The van der Waals surface area contributed by atoms with E-state index in [0.717, 1.165) is 5.56 Å². The lowest BCUT2D eigenvalue weighted by atomic mass is 10.0. The first-order valence-electron chi connectivity index (χ1n) is 10.2. The lowest BCUT2D eigenvalue weighted by molar-refractivity contribution is 0.0603. The van der Waals surface area contributed by atoms with E-state index >= 15 is 0 Å². The quantitative estimate of drug-likeness (QED) is 0.317. The van der Waals surface area contributed by atoms with Crippen LogP contribution in [0.1, 0.15) is 20.7 Å². The zero-order chi connectivity index (χ0) is 22.8. The zero-order valence-electron chi connectivity index (χ0n) is 17.6. The van der Waals surface area contributed by atoms with Gasteiger partial charge in [0.15, 0.2) is 5.76 Å². The van der Waals surface area contributed by atoms with E-state index in [1.54, 1.807) is 24.5 Å². The molecule has 0 saturated carbocycles. The average Bonchev–Trinajstić information content (AvgIpc) is 3.54. The van der Waals surface area contributed by atoms with Gasteiger partial charge in [0, 0.05) is 16.3 Å². The molecule has 3 heterocycles. The molecule has 6 nitrogen and oxygen atoms in total. The van der Waals surface area contributed by atoms with Crippen LogP contribution >= 0.6 is 11.3 Å². The van der Waals surface area contributed by atoms with Gasteiger partial charge in [-0.1, -0.05) is 48.5 Å². The second-order valence-electron chi connectivity index (χ2n) is 7.21. The number of benzene rings is 2. The van der Waals surface area contributed by atoms with Crippen LogP contribution in [-0.2, 0) is 4.74 Å². The highest BCUT2D eigenvalue weighted by molar-refractivity contribution is 7.15. The summed E-state index contributed by atoms with van der Waals surface area (Å²) in [7, 11) is 1.33. The molecule has 0 aliphatic heterocycles. The number of carbonyl (C=O) groups excluding carboxylic acids is 2. The molecule has 0 unspecified atom stereocenters. The molecule has 0 fully saturated rings. The van der Waals surface area contributed by atoms with Gasteiger partial charge in [0.1, 0.15) is 16.3 Å². The van der Waals surface area contributed by atoms with Crippen molar-refractivity contribution in [2.24, 2.45) is 0 Å². The summed E-state index contributed by atoms with van der Waals surface area (Å²) in [6.45, 7) is 0. The van der Waals surface area contributed by atoms with E-state index in [-0.39, 0.29) is 5.91 Å². The van der Waals surface area contributed by atoms with Crippen molar-refractivity contribution in [2.75, 3.05) is 12.4 Å². The largest absolute Gasteiger partial charge is 0.465 e. The maximum Gasteiger partial charge on any atom is 0.341 e. The Morgan fingerprint density at radius 1 is 1.00 bits per heavy atom. The van der Waals surface area contributed by atoms with E-state index in [1.165, 1.54) is 18.4 Å². The number of rotatable bonds is 5. The minimum atomic E-state index is -0.513. The van der Waals surface area contributed by atoms with E-state index in [4.69, 9.17) is 9.15 Å². The fourth-order valence-electron chi connectivity index (χ4n) is 3.67. The van der Waals surface area contributed by atoms with Crippen molar-refractivity contribution < 1.29 is 18.7 Å². The number of para-hydroxylation sites is 1. The summed E-state index contributed by atoms with van der Waals surface area (Å²) in [6.07, 6.45) is 1.56. The van der Waals surface area contributed by atoms with Crippen LogP contribution < -0.4 is 5.32 Å².